The third-order valence-electron chi connectivity index (χ3n) is 9.97. The van der Waals surface area contributed by atoms with E-state index in [-0.39, 0.29) is 18.0 Å². The molecule has 2 aromatic carbocycles. The lowest BCUT2D eigenvalue weighted by molar-refractivity contribution is 0.0700. The Kier molecular flexibility index (Phi) is 5.38. The summed E-state index contributed by atoms with van der Waals surface area (Å²) in [6.45, 7) is 3.98. The first kappa shape index (κ1) is 24.7. The van der Waals surface area contributed by atoms with Crippen LogP contribution in [-0.2, 0) is 13.6 Å². The van der Waals surface area contributed by atoms with Gasteiger partial charge in [-0.15, -0.1) is 0 Å². The standard InChI is InChI=1S/C32H35N7O2/c1-17-9-21(17)16-38-26(11-18-5-4-6-23(29(18)38)22-13-34-35-14-22)31-36-24-10-20(12-27(41-3)30(24)37(31)2)32(40)39-15-19-7-8-25(39)28(19)33/h4-6,10-14,17,19,21,25,28H,7-9,15-16,33H2,1-3H3,(H,34,35)/t17?,19-,21?,25-,28-/m1/s1. The molecule has 0 spiro atoms. The summed E-state index contributed by atoms with van der Waals surface area (Å²) in [4.78, 5) is 20.8. The molecule has 2 bridgehead atoms. The van der Waals surface area contributed by atoms with Gasteiger partial charge in [-0.1, -0.05) is 25.1 Å². The van der Waals surface area contributed by atoms with Gasteiger partial charge in [0.2, 0.25) is 0 Å². The van der Waals surface area contributed by atoms with E-state index in [4.69, 9.17) is 15.5 Å². The van der Waals surface area contributed by atoms with Gasteiger partial charge in [0.25, 0.3) is 5.91 Å². The van der Waals surface area contributed by atoms with Crippen LogP contribution < -0.4 is 10.5 Å². The molecule has 3 aliphatic rings. The van der Waals surface area contributed by atoms with Gasteiger partial charge in [-0.3, -0.25) is 9.89 Å². The molecular formula is C32H35N7O2. The molecule has 0 radical (unpaired) electrons. The van der Waals surface area contributed by atoms with E-state index >= 15 is 0 Å². The number of carbonyl (C=O) groups excluding carboxylic acids is 1. The lowest BCUT2D eigenvalue weighted by Gasteiger charge is -2.27. The van der Waals surface area contributed by atoms with Crippen molar-refractivity contribution in [2.24, 2.45) is 30.5 Å². The molecule has 2 aliphatic carbocycles. The molecule has 2 unspecified atom stereocenters. The number of methoxy groups -OCH3 is 1. The van der Waals surface area contributed by atoms with Gasteiger partial charge in [-0.05, 0) is 55.2 Å². The predicted octanol–water partition coefficient (Wildman–Crippen LogP) is 4.81. The maximum absolute atomic E-state index is 13.7. The van der Waals surface area contributed by atoms with Crippen molar-refractivity contribution in [2.75, 3.05) is 13.7 Å². The lowest BCUT2D eigenvalue weighted by Crippen LogP contribution is -2.41. The Balaban J connectivity index is 1.28. The molecule has 4 heterocycles. The van der Waals surface area contributed by atoms with Crippen LogP contribution in [0, 0.1) is 17.8 Å². The second-order valence-corrected chi connectivity index (χ2v) is 12.3. The highest BCUT2D eigenvalue weighted by molar-refractivity contribution is 6.01. The van der Waals surface area contributed by atoms with Crippen molar-refractivity contribution in [3.8, 4) is 28.4 Å². The highest BCUT2D eigenvalue weighted by Crippen LogP contribution is 2.44. The van der Waals surface area contributed by atoms with E-state index in [1.807, 2.05) is 36.5 Å². The zero-order valence-corrected chi connectivity index (χ0v) is 23.7. The molecule has 9 nitrogen and oxygen atoms in total. The van der Waals surface area contributed by atoms with Crippen LogP contribution in [0.3, 0.4) is 0 Å². The minimum absolute atomic E-state index is 0.0154. The fraction of sp³-hybridized carbons (Fsp3) is 0.406. The number of nitrogens with one attached hydrogen (secondary N) is 1. The van der Waals surface area contributed by atoms with Gasteiger partial charge in [0.05, 0.1) is 30.0 Å². The largest absolute Gasteiger partial charge is 0.494 e. The highest BCUT2D eigenvalue weighted by Gasteiger charge is 2.47. The number of ether oxygens (including phenoxy) is 1. The van der Waals surface area contributed by atoms with Crippen LogP contribution in [-0.4, -0.2) is 60.9 Å². The number of fused-ring (bicyclic) bond motifs is 4. The summed E-state index contributed by atoms with van der Waals surface area (Å²) in [5.41, 5.74) is 13.1. The third-order valence-corrected chi connectivity index (χ3v) is 9.97. The van der Waals surface area contributed by atoms with E-state index in [0.717, 1.165) is 59.6 Å². The fourth-order valence-electron chi connectivity index (χ4n) is 7.49. The normalized spacial score (nSPS) is 25.1. The third kappa shape index (κ3) is 3.68. The number of likely N-dealkylation sites (tertiary alicyclic amines) is 1. The molecule has 3 aromatic heterocycles. The van der Waals surface area contributed by atoms with Crippen molar-refractivity contribution >= 4 is 27.8 Å². The van der Waals surface area contributed by atoms with Crippen molar-refractivity contribution in [3.05, 3.63) is 54.4 Å². The average Bonchev–Trinajstić information content (AvgIpc) is 3.55. The molecule has 3 fully saturated rings. The molecule has 210 valence electrons. The summed E-state index contributed by atoms with van der Waals surface area (Å²) in [5.74, 6) is 3.27. The number of nitrogens with two attached hydrogens (primary N) is 1. The number of aromatic nitrogens is 5. The van der Waals surface area contributed by atoms with E-state index in [0.29, 0.717) is 29.1 Å². The molecule has 3 N–H and O–H groups in total. The number of aryl methyl sites for hydroxylation is 1. The van der Waals surface area contributed by atoms with Crippen LogP contribution in [0.4, 0.5) is 0 Å². The molecule has 1 saturated heterocycles. The number of rotatable bonds is 6. The predicted molar refractivity (Wildman–Crippen MR) is 159 cm³/mol. The van der Waals surface area contributed by atoms with Crippen molar-refractivity contribution < 1.29 is 9.53 Å². The smallest absolute Gasteiger partial charge is 0.254 e. The number of hydrogen-bond acceptors (Lipinski definition) is 5. The van der Waals surface area contributed by atoms with Crippen LogP contribution in [0.1, 0.15) is 36.5 Å². The van der Waals surface area contributed by atoms with Crippen LogP contribution in [0.5, 0.6) is 5.75 Å². The minimum Gasteiger partial charge on any atom is -0.494 e. The zero-order chi connectivity index (χ0) is 28.0. The Morgan fingerprint density at radius 2 is 2.05 bits per heavy atom. The van der Waals surface area contributed by atoms with Crippen molar-refractivity contribution in [1.29, 1.82) is 0 Å². The number of amides is 1. The summed E-state index contributed by atoms with van der Waals surface area (Å²) in [6, 6.07) is 12.7. The Morgan fingerprint density at radius 1 is 1.20 bits per heavy atom. The zero-order valence-electron chi connectivity index (χ0n) is 23.7. The van der Waals surface area contributed by atoms with E-state index in [9.17, 15) is 4.79 Å². The van der Waals surface area contributed by atoms with Crippen LogP contribution in [0.2, 0.25) is 0 Å². The van der Waals surface area contributed by atoms with Gasteiger partial charge in [0.15, 0.2) is 5.82 Å². The number of benzene rings is 2. The van der Waals surface area contributed by atoms with Gasteiger partial charge >= 0.3 is 0 Å². The molecule has 8 rings (SSSR count). The van der Waals surface area contributed by atoms with Crippen LogP contribution >= 0.6 is 0 Å². The molecular weight excluding hydrogens is 514 g/mol. The molecule has 9 heteroatoms. The number of imidazole rings is 1. The van der Waals surface area contributed by atoms with Gasteiger partial charge < -0.3 is 24.5 Å². The Hall–Kier alpha value is -4.11. The Bertz CT molecular complexity index is 1820. The van der Waals surface area contributed by atoms with Gasteiger partial charge in [0, 0.05) is 60.5 Å². The SMILES string of the molecule is COc1cc(C(=O)N2C[C@H]3CC[C@@H]2[C@@H]3N)cc2nc(-c3cc4cccc(-c5cn[nH]c5)c4n3CC3CC3C)n(C)c12. The average molecular weight is 550 g/mol. The lowest BCUT2D eigenvalue weighted by atomic mass is 10.1. The second-order valence-electron chi connectivity index (χ2n) is 12.3. The Labute approximate surface area is 238 Å². The maximum Gasteiger partial charge on any atom is 0.254 e. The molecule has 2 saturated carbocycles. The molecule has 5 aromatic rings. The van der Waals surface area contributed by atoms with E-state index in [2.05, 4.69) is 50.5 Å². The highest BCUT2D eigenvalue weighted by atomic mass is 16.5. The minimum atomic E-state index is 0.0154. The second kappa shape index (κ2) is 8.94. The molecule has 1 amide bonds. The van der Waals surface area contributed by atoms with E-state index in [1.165, 1.54) is 17.3 Å². The van der Waals surface area contributed by atoms with Gasteiger partial charge in [-0.2, -0.15) is 5.10 Å². The number of carbonyl (C=O) groups is 1. The first-order valence-electron chi connectivity index (χ1n) is 14.7. The molecule has 1 aliphatic heterocycles. The van der Waals surface area contributed by atoms with Crippen molar-refractivity contribution in [2.45, 2.75) is 44.8 Å². The molecule has 41 heavy (non-hydrogen) atoms. The van der Waals surface area contributed by atoms with Crippen molar-refractivity contribution in [1.82, 2.24) is 29.2 Å². The Morgan fingerprint density at radius 3 is 2.73 bits per heavy atom. The first-order valence-corrected chi connectivity index (χ1v) is 14.7. The summed E-state index contributed by atoms with van der Waals surface area (Å²) < 4.78 is 10.4. The summed E-state index contributed by atoms with van der Waals surface area (Å²) in [6.07, 6.45) is 7.15. The summed E-state index contributed by atoms with van der Waals surface area (Å²) in [7, 11) is 3.69. The van der Waals surface area contributed by atoms with Crippen LogP contribution in [0.15, 0.2) is 48.8 Å². The van der Waals surface area contributed by atoms with E-state index in [1.54, 1.807) is 7.11 Å². The summed E-state index contributed by atoms with van der Waals surface area (Å²) in [5, 5.41) is 8.35. The van der Waals surface area contributed by atoms with Gasteiger partial charge in [0.1, 0.15) is 11.3 Å². The quantitative estimate of drug-likeness (QED) is 0.316. The van der Waals surface area contributed by atoms with Gasteiger partial charge in [-0.25, -0.2) is 4.98 Å². The molecule has 5 atom stereocenters. The monoisotopic (exact) mass is 549 g/mol. The fourth-order valence-corrected chi connectivity index (χ4v) is 7.49. The topological polar surface area (TPSA) is 107 Å². The number of para-hydroxylation sites is 1. The van der Waals surface area contributed by atoms with Crippen molar-refractivity contribution in [3.63, 3.8) is 0 Å². The maximum atomic E-state index is 13.7. The van der Waals surface area contributed by atoms with Crippen LogP contribution in [0.25, 0.3) is 44.6 Å². The number of piperidine rings is 1. The number of nitrogens with zero attached hydrogens (tertiary/aromatic N) is 5. The number of aromatic amines is 1. The van der Waals surface area contributed by atoms with E-state index < -0.39 is 0 Å². The first-order chi connectivity index (χ1) is 19.9. The number of hydrogen-bond donors (Lipinski definition) is 2. The summed E-state index contributed by atoms with van der Waals surface area (Å²) >= 11 is 0. The number of H-pyrrole nitrogens is 1.